The highest BCUT2D eigenvalue weighted by atomic mass is 16.5. The number of hydrogen-bond acceptors (Lipinski definition) is 1. The molecule has 0 aliphatic carbocycles. The van der Waals surface area contributed by atoms with E-state index in [1.54, 1.807) is 0 Å². The Labute approximate surface area is 210 Å². The summed E-state index contributed by atoms with van der Waals surface area (Å²) in [7, 11) is 0. The molecule has 188 valence electrons. The lowest BCUT2D eigenvalue weighted by Crippen LogP contribution is -2.27. The van der Waals surface area contributed by atoms with Crippen LogP contribution in [0.2, 0.25) is 0 Å². The smallest absolute Gasteiger partial charge is 0.135 e. The lowest BCUT2D eigenvalue weighted by Gasteiger charge is -2.29. The molecule has 1 heterocycles. The van der Waals surface area contributed by atoms with Crippen LogP contribution in [0.1, 0.15) is 135 Å². The predicted octanol–water partition coefficient (Wildman–Crippen LogP) is 10.8. The third kappa shape index (κ3) is 8.79. The van der Waals surface area contributed by atoms with E-state index in [1.807, 2.05) is 0 Å². The molecule has 34 heavy (non-hydrogen) atoms. The molecule has 1 aliphatic rings. The number of rotatable bonds is 17. The molecule has 0 spiro atoms. The first-order valence-corrected chi connectivity index (χ1v) is 14.5. The van der Waals surface area contributed by atoms with E-state index < -0.39 is 0 Å². The van der Waals surface area contributed by atoms with Gasteiger partial charge in [0.05, 0.1) is 0 Å². The van der Waals surface area contributed by atoms with E-state index in [2.05, 4.69) is 63.3 Å². The van der Waals surface area contributed by atoms with E-state index in [0.29, 0.717) is 0 Å². The van der Waals surface area contributed by atoms with Crippen molar-refractivity contribution < 1.29 is 4.74 Å². The van der Waals surface area contributed by atoms with Gasteiger partial charge in [0.15, 0.2) is 0 Å². The van der Waals surface area contributed by atoms with Crippen molar-refractivity contribution in [3.05, 3.63) is 47.5 Å². The number of fused-ring (bicyclic) bond motifs is 3. The molecule has 0 fully saturated rings. The van der Waals surface area contributed by atoms with Gasteiger partial charge in [-0.25, -0.2) is 0 Å². The van der Waals surface area contributed by atoms with Crippen molar-refractivity contribution in [3.63, 3.8) is 0 Å². The van der Waals surface area contributed by atoms with Crippen LogP contribution in [0.25, 0.3) is 16.8 Å². The van der Waals surface area contributed by atoms with Crippen LogP contribution in [0.4, 0.5) is 0 Å². The number of aryl methyl sites for hydroxylation is 1. The first kappa shape index (κ1) is 26.8. The van der Waals surface area contributed by atoms with Crippen LogP contribution in [0.15, 0.2) is 36.4 Å². The molecule has 0 N–H and O–H groups in total. The van der Waals surface area contributed by atoms with Crippen LogP contribution >= 0.6 is 0 Å². The van der Waals surface area contributed by atoms with Crippen molar-refractivity contribution in [2.45, 2.75) is 136 Å². The molecule has 0 radical (unpaired) electrons. The highest BCUT2D eigenvalue weighted by molar-refractivity contribution is 5.95. The van der Waals surface area contributed by atoms with Crippen molar-refractivity contribution >= 4 is 16.8 Å². The van der Waals surface area contributed by atoms with Gasteiger partial charge in [-0.2, -0.15) is 0 Å². The summed E-state index contributed by atoms with van der Waals surface area (Å²) >= 11 is 0. The van der Waals surface area contributed by atoms with Crippen molar-refractivity contribution in [1.29, 1.82) is 0 Å². The lowest BCUT2D eigenvalue weighted by molar-refractivity contribution is 0.161. The summed E-state index contributed by atoms with van der Waals surface area (Å²) in [4.78, 5) is 0. The average Bonchev–Trinajstić information content (AvgIpc) is 2.83. The second kappa shape index (κ2) is 14.6. The third-order valence-corrected chi connectivity index (χ3v) is 7.44. The van der Waals surface area contributed by atoms with Gasteiger partial charge in [-0.15, -0.1) is 0 Å². The van der Waals surface area contributed by atoms with Crippen molar-refractivity contribution in [2.75, 3.05) is 0 Å². The third-order valence-electron chi connectivity index (χ3n) is 7.44. The maximum atomic E-state index is 6.34. The fraction of sp³-hybridized carbons (Fsp3) is 0.636. The van der Waals surface area contributed by atoms with Crippen molar-refractivity contribution in [2.24, 2.45) is 0 Å². The zero-order valence-corrected chi connectivity index (χ0v) is 22.5. The summed E-state index contributed by atoms with van der Waals surface area (Å²) in [5.74, 6) is 1.05. The highest BCUT2D eigenvalue weighted by Gasteiger charge is 2.24. The van der Waals surface area contributed by atoms with Crippen molar-refractivity contribution in [1.82, 2.24) is 0 Å². The monoisotopic (exact) mass is 462 g/mol. The number of unbranched alkanes of at least 4 members (excludes halogenated alkanes) is 15. The topological polar surface area (TPSA) is 9.23 Å². The van der Waals surface area contributed by atoms with Gasteiger partial charge in [-0.05, 0) is 49.8 Å². The average molecular weight is 463 g/mol. The minimum absolute atomic E-state index is 0.231. The Hall–Kier alpha value is -1.76. The molecular formula is C33H50O. The molecule has 3 rings (SSSR count). The minimum atomic E-state index is -0.231. The lowest BCUT2D eigenvalue weighted by atomic mass is 9.93. The molecule has 0 amide bonds. The molecular weight excluding hydrogens is 412 g/mol. The van der Waals surface area contributed by atoms with E-state index in [4.69, 9.17) is 4.74 Å². The van der Waals surface area contributed by atoms with Gasteiger partial charge in [0.2, 0.25) is 0 Å². The quantitative estimate of drug-likeness (QED) is 0.212. The van der Waals surface area contributed by atoms with Gasteiger partial charge >= 0.3 is 0 Å². The van der Waals surface area contributed by atoms with Gasteiger partial charge in [-0.3, -0.25) is 0 Å². The van der Waals surface area contributed by atoms with E-state index >= 15 is 0 Å². The Bertz CT molecular complexity index is 875. The molecule has 2 aromatic rings. The number of ether oxygens (including phenoxy) is 1. The Morgan fingerprint density at radius 2 is 1.15 bits per heavy atom. The van der Waals surface area contributed by atoms with Crippen LogP contribution in [0.3, 0.4) is 0 Å². The Morgan fingerprint density at radius 3 is 1.71 bits per heavy atom. The fourth-order valence-corrected chi connectivity index (χ4v) is 5.34. The fourth-order valence-electron chi connectivity index (χ4n) is 5.34. The molecule has 0 atom stereocenters. The number of hydrogen-bond donors (Lipinski definition) is 0. The SMILES string of the molecule is CCCCCCCCCCCCCCCCCCc1cc2c(c3ccccc13)OC(C)(C)C=C2. The molecule has 2 aromatic carbocycles. The van der Waals surface area contributed by atoms with Crippen LogP contribution in [0.5, 0.6) is 5.75 Å². The summed E-state index contributed by atoms with van der Waals surface area (Å²) in [5, 5.41) is 2.64. The molecule has 1 heteroatoms. The molecule has 1 nitrogen and oxygen atoms in total. The first-order chi connectivity index (χ1) is 16.6. The Morgan fingerprint density at radius 1 is 0.647 bits per heavy atom. The highest BCUT2D eigenvalue weighted by Crippen LogP contribution is 2.39. The summed E-state index contributed by atoms with van der Waals surface area (Å²) < 4.78 is 6.34. The van der Waals surface area contributed by atoms with Gasteiger partial charge in [0, 0.05) is 10.9 Å². The minimum Gasteiger partial charge on any atom is -0.483 e. The molecule has 0 saturated carbocycles. The molecule has 0 bridgehead atoms. The Balaban J connectivity index is 1.27. The number of benzene rings is 2. The maximum Gasteiger partial charge on any atom is 0.135 e. The van der Waals surface area contributed by atoms with Crippen LogP contribution in [-0.2, 0) is 6.42 Å². The summed E-state index contributed by atoms with van der Waals surface area (Å²) in [5.41, 5.74) is 2.49. The van der Waals surface area contributed by atoms with E-state index in [1.165, 1.54) is 131 Å². The van der Waals surface area contributed by atoms with Gasteiger partial charge < -0.3 is 4.74 Å². The largest absolute Gasteiger partial charge is 0.483 e. The Kier molecular flexibility index (Phi) is 11.5. The van der Waals surface area contributed by atoms with E-state index in [0.717, 1.165) is 5.75 Å². The summed E-state index contributed by atoms with van der Waals surface area (Å²) in [6, 6.07) is 11.2. The molecule has 1 aliphatic heterocycles. The maximum absolute atomic E-state index is 6.34. The van der Waals surface area contributed by atoms with Gasteiger partial charge in [0.1, 0.15) is 11.4 Å². The van der Waals surface area contributed by atoms with E-state index in [9.17, 15) is 0 Å². The molecule has 0 saturated heterocycles. The second-order valence-corrected chi connectivity index (χ2v) is 11.1. The van der Waals surface area contributed by atoms with E-state index in [-0.39, 0.29) is 5.60 Å². The summed E-state index contributed by atoms with van der Waals surface area (Å²) in [6.45, 7) is 6.56. The predicted molar refractivity (Wildman–Crippen MR) is 151 cm³/mol. The normalized spacial score (nSPS) is 14.3. The standard InChI is InChI=1S/C33H50O/c1-4-5-6-7-8-9-10-11-12-13-14-15-16-17-18-19-22-28-27-29-25-26-33(2,3)34-32(29)31-24-21-20-23-30(28)31/h20-21,23-27H,4-19,22H2,1-3H3. The van der Waals surface area contributed by atoms with Crippen LogP contribution in [-0.4, -0.2) is 5.60 Å². The first-order valence-electron chi connectivity index (χ1n) is 14.5. The zero-order chi connectivity index (χ0) is 24.1. The molecule has 0 aromatic heterocycles. The van der Waals surface area contributed by atoms with Crippen molar-refractivity contribution in [3.8, 4) is 5.75 Å². The van der Waals surface area contributed by atoms with Gasteiger partial charge in [0.25, 0.3) is 0 Å². The van der Waals surface area contributed by atoms with Crippen LogP contribution in [0, 0.1) is 0 Å². The second-order valence-electron chi connectivity index (χ2n) is 11.1. The zero-order valence-electron chi connectivity index (χ0n) is 22.5. The molecule has 0 unspecified atom stereocenters. The summed E-state index contributed by atoms with van der Waals surface area (Å²) in [6.07, 6.45) is 28.3. The van der Waals surface area contributed by atoms with Crippen LogP contribution < -0.4 is 4.74 Å². The van der Waals surface area contributed by atoms with Gasteiger partial charge in [-0.1, -0.05) is 134 Å².